The Morgan fingerprint density at radius 1 is 1.35 bits per heavy atom. The number of nitrogens with zero attached hydrogens (tertiary/aromatic N) is 6. The van der Waals surface area contributed by atoms with Gasteiger partial charge in [0, 0.05) is 31.7 Å². The second kappa shape index (κ2) is 5.31. The Morgan fingerprint density at radius 3 is 3.00 bits per heavy atom. The molecular weight excluding hydrogens is 294 g/mol. The topological polar surface area (TPSA) is 95.8 Å². The average molecular weight is 313 g/mol. The zero-order chi connectivity index (χ0) is 16.0. The number of anilines is 1. The number of aryl methyl sites for hydroxylation is 2. The van der Waals surface area contributed by atoms with Crippen molar-refractivity contribution in [3.05, 3.63) is 30.0 Å². The second-order valence-electron chi connectivity index (χ2n) is 6.21. The molecule has 0 radical (unpaired) electrons. The maximum absolute atomic E-state index is 10.4. The monoisotopic (exact) mass is 313 g/mol. The average Bonchev–Trinajstić information content (AvgIpc) is 3.21. The van der Waals surface area contributed by atoms with Crippen molar-refractivity contribution in [2.75, 3.05) is 18.0 Å². The number of β-amino-alcohol motifs (C(OH)–C–C–N with tert-alkyl or cyclic N) is 1. The van der Waals surface area contributed by atoms with Gasteiger partial charge in [-0.2, -0.15) is 10.1 Å². The number of rotatable bonds is 3. The Labute approximate surface area is 133 Å². The number of aromatic amines is 1. The highest BCUT2D eigenvalue weighted by Gasteiger charge is 2.33. The van der Waals surface area contributed by atoms with Crippen LogP contribution in [-0.2, 0) is 13.5 Å². The number of fused-ring (bicyclic) bond motifs is 1. The first kappa shape index (κ1) is 14.1. The zero-order valence-corrected chi connectivity index (χ0v) is 13.1. The number of H-pyrrole nitrogens is 1. The van der Waals surface area contributed by atoms with Gasteiger partial charge >= 0.3 is 0 Å². The number of aliphatic hydroxyl groups excluding tert-OH is 1. The Balaban J connectivity index is 1.53. The van der Waals surface area contributed by atoms with E-state index in [0.29, 0.717) is 24.7 Å². The summed E-state index contributed by atoms with van der Waals surface area (Å²) in [6.07, 6.45) is 3.84. The Kier molecular flexibility index (Phi) is 3.26. The van der Waals surface area contributed by atoms with Crippen LogP contribution in [0.2, 0.25) is 0 Å². The van der Waals surface area contributed by atoms with Gasteiger partial charge < -0.3 is 14.6 Å². The fourth-order valence-corrected chi connectivity index (χ4v) is 3.12. The summed E-state index contributed by atoms with van der Waals surface area (Å²) >= 11 is 0. The number of aromatic nitrogens is 6. The molecule has 1 aliphatic heterocycles. The lowest BCUT2D eigenvalue weighted by molar-refractivity contribution is 0.148. The molecule has 1 aliphatic rings. The van der Waals surface area contributed by atoms with Crippen LogP contribution in [0.5, 0.6) is 0 Å². The molecule has 0 bridgehead atoms. The fraction of sp³-hybridized carbons (Fsp3) is 0.467. The quantitative estimate of drug-likeness (QED) is 0.728. The summed E-state index contributed by atoms with van der Waals surface area (Å²) in [5.74, 6) is 0.747. The van der Waals surface area contributed by atoms with E-state index in [-0.39, 0.29) is 5.92 Å². The molecule has 120 valence electrons. The lowest BCUT2D eigenvalue weighted by atomic mass is 10.0. The fourth-order valence-electron chi connectivity index (χ4n) is 3.12. The minimum absolute atomic E-state index is 0.126. The van der Waals surface area contributed by atoms with Crippen LogP contribution in [0.3, 0.4) is 0 Å². The molecule has 1 saturated heterocycles. The number of nitrogens with one attached hydrogen (secondary N) is 1. The number of imidazole rings is 1. The van der Waals surface area contributed by atoms with Crippen LogP contribution in [0.15, 0.2) is 18.6 Å². The van der Waals surface area contributed by atoms with E-state index in [1.165, 1.54) is 0 Å². The molecule has 4 heterocycles. The minimum Gasteiger partial charge on any atom is -0.391 e. The van der Waals surface area contributed by atoms with Gasteiger partial charge in [0.15, 0.2) is 5.65 Å². The third-order valence-electron chi connectivity index (χ3n) is 4.39. The van der Waals surface area contributed by atoms with Crippen molar-refractivity contribution in [1.29, 1.82) is 0 Å². The van der Waals surface area contributed by atoms with Gasteiger partial charge in [0.25, 0.3) is 0 Å². The molecule has 0 unspecified atom stereocenters. The summed E-state index contributed by atoms with van der Waals surface area (Å²) in [5, 5.41) is 17.6. The van der Waals surface area contributed by atoms with Crippen molar-refractivity contribution in [3.63, 3.8) is 0 Å². The van der Waals surface area contributed by atoms with Crippen molar-refractivity contribution >= 4 is 17.1 Å². The van der Waals surface area contributed by atoms with Crippen LogP contribution in [0, 0.1) is 12.8 Å². The van der Waals surface area contributed by atoms with E-state index in [1.807, 2.05) is 29.5 Å². The highest BCUT2D eigenvalue weighted by atomic mass is 16.3. The largest absolute Gasteiger partial charge is 0.391 e. The Bertz CT molecular complexity index is 839. The highest BCUT2D eigenvalue weighted by Crippen LogP contribution is 2.25. The Hall–Kier alpha value is -2.48. The third-order valence-corrected chi connectivity index (χ3v) is 4.39. The van der Waals surface area contributed by atoms with E-state index < -0.39 is 6.10 Å². The number of hydrogen-bond donors (Lipinski definition) is 2. The van der Waals surface area contributed by atoms with Crippen LogP contribution in [0.1, 0.15) is 11.4 Å². The summed E-state index contributed by atoms with van der Waals surface area (Å²) in [6, 6.07) is 2.02. The smallest absolute Gasteiger partial charge is 0.227 e. The molecule has 4 rings (SSSR count). The normalized spacial score (nSPS) is 21.4. The molecule has 3 aromatic heterocycles. The van der Waals surface area contributed by atoms with Crippen molar-refractivity contribution in [2.24, 2.45) is 13.0 Å². The molecule has 1 fully saturated rings. The summed E-state index contributed by atoms with van der Waals surface area (Å²) in [6.45, 7) is 3.22. The van der Waals surface area contributed by atoms with Crippen molar-refractivity contribution in [2.45, 2.75) is 19.4 Å². The van der Waals surface area contributed by atoms with E-state index in [0.717, 1.165) is 23.3 Å². The lowest BCUT2D eigenvalue weighted by Crippen LogP contribution is -2.23. The molecule has 8 heteroatoms. The molecule has 0 saturated carbocycles. The van der Waals surface area contributed by atoms with Crippen LogP contribution < -0.4 is 4.90 Å². The number of aliphatic hydroxyl groups is 1. The first-order chi connectivity index (χ1) is 11.1. The van der Waals surface area contributed by atoms with Crippen molar-refractivity contribution in [3.8, 4) is 0 Å². The van der Waals surface area contributed by atoms with Gasteiger partial charge in [0.2, 0.25) is 5.95 Å². The van der Waals surface area contributed by atoms with Gasteiger partial charge in [-0.1, -0.05) is 0 Å². The SMILES string of the molecule is Cc1cc(C[C@@H]2CN(c3ncc4c(ncn4C)n3)C[C@@H]2O)n[nH]1. The standard InChI is InChI=1S/C15H19N7O/c1-9-3-11(20-19-9)4-10-6-22(7-13(10)23)15-16-5-12-14(18-15)17-8-21(12)2/h3,5,8,10,13,23H,4,6-7H2,1-2H3,(H,19,20)/t10-,13+/m1/s1. The molecule has 2 atom stereocenters. The van der Waals surface area contributed by atoms with Gasteiger partial charge in [0.05, 0.1) is 24.3 Å². The maximum atomic E-state index is 10.4. The van der Waals surface area contributed by atoms with E-state index >= 15 is 0 Å². The van der Waals surface area contributed by atoms with E-state index in [2.05, 4.69) is 25.1 Å². The molecule has 2 N–H and O–H groups in total. The zero-order valence-electron chi connectivity index (χ0n) is 13.1. The highest BCUT2D eigenvalue weighted by molar-refractivity contribution is 5.71. The molecule has 3 aromatic rings. The molecule has 0 spiro atoms. The van der Waals surface area contributed by atoms with Crippen LogP contribution in [0.4, 0.5) is 5.95 Å². The first-order valence-corrected chi connectivity index (χ1v) is 7.68. The summed E-state index contributed by atoms with van der Waals surface area (Å²) in [7, 11) is 1.92. The predicted molar refractivity (Wildman–Crippen MR) is 85.0 cm³/mol. The predicted octanol–water partition coefficient (Wildman–Crippen LogP) is 0.435. The van der Waals surface area contributed by atoms with E-state index in [9.17, 15) is 5.11 Å². The molecular formula is C15H19N7O. The van der Waals surface area contributed by atoms with Gasteiger partial charge in [-0.25, -0.2) is 9.97 Å². The first-order valence-electron chi connectivity index (χ1n) is 7.68. The van der Waals surface area contributed by atoms with E-state index in [4.69, 9.17) is 0 Å². The molecule has 8 nitrogen and oxygen atoms in total. The van der Waals surface area contributed by atoms with Crippen molar-refractivity contribution in [1.82, 2.24) is 29.7 Å². The minimum atomic E-state index is -0.407. The van der Waals surface area contributed by atoms with Crippen molar-refractivity contribution < 1.29 is 5.11 Å². The van der Waals surface area contributed by atoms with E-state index in [1.54, 1.807) is 12.5 Å². The summed E-state index contributed by atoms with van der Waals surface area (Å²) < 4.78 is 1.89. The third kappa shape index (κ3) is 2.55. The van der Waals surface area contributed by atoms with Gasteiger partial charge in [-0.15, -0.1) is 0 Å². The van der Waals surface area contributed by atoms with Crippen LogP contribution >= 0.6 is 0 Å². The number of hydrogen-bond acceptors (Lipinski definition) is 6. The molecule has 23 heavy (non-hydrogen) atoms. The van der Waals surface area contributed by atoms with Crippen LogP contribution in [-0.4, -0.2) is 54.0 Å². The maximum Gasteiger partial charge on any atom is 0.227 e. The molecule has 0 aliphatic carbocycles. The lowest BCUT2D eigenvalue weighted by Gasteiger charge is -2.15. The Morgan fingerprint density at radius 2 is 2.22 bits per heavy atom. The summed E-state index contributed by atoms with van der Waals surface area (Å²) in [5.41, 5.74) is 3.60. The second-order valence-corrected chi connectivity index (χ2v) is 6.21. The molecule has 0 amide bonds. The molecule has 0 aromatic carbocycles. The van der Waals surface area contributed by atoms with Gasteiger partial charge in [-0.05, 0) is 19.4 Å². The van der Waals surface area contributed by atoms with Crippen LogP contribution in [0.25, 0.3) is 11.2 Å². The summed E-state index contributed by atoms with van der Waals surface area (Å²) in [4.78, 5) is 15.2. The van der Waals surface area contributed by atoms with Gasteiger partial charge in [-0.3, -0.25) is 5.10 Å². The van der Waals surface area contributed by atoms with Gasteiger partial charge in [0.1, 0.15) is 5.52 Å².